The summed E-state index contributed by atoms with van der Waals surface area (Å²) < 4.78 is 72.0. The molecule has 1 aliphatic rings. The van der Waals surface area contributed by atoms with Gasteiger partial charge < -0.3 is 14.0 Å². The van der Waals surface area contributed by atoms with Crippen molar-refractivity contribution in [1.82, 2.24) is 4.98 Å². The molecule has 0 unspecified atom stereocenters. The van der Waals surface area contributed by atoms with Crippen LogP contribution >= 0.6 is 0 Å². The molecule has 7 nitrogen and oxygen atoms in total. The number of methoxy groups -OCH3 is 1. The quantitative estimate of drug-likeness (QED) is 0.740. The van der Waals surface area contributed by atoms with Crippen LogP contribution in [0.4, 0.5) is 14.5 Å². The molecule has 0 radical (unpaired) electrons. The van der Waals surface area contributed by atoms with Crippen molar-refractivity contribution >= 4 is 28.3 Å². The fraction of sp³-hybridized carbons (Fsp3) is 0.389. The fourth-order valence-electron chi connectivity index (χ4n) is 2.68. The number of nitrogens with one attached hydrogen (secondary N) is 1. The van der Waals surface area contributed by atoms with E-state index in [-0.39, 0.29) is 10.8 Å². The van der Waals surface area contributed by atoms with E-state index in [0.29, 0.717) is 5.46 Å². The molecule has 0 atom stereocenters. The summed E-state index contributed by atoms with van der Waals surface area (Å²) in [5.41, 5.74) is -1.48. The zero-order chi connectivity index (χ0) is 21.6. The summed E-state index contributed by atoms with van der Waals surface area (Å²) in [5.74, 6) is -2.71. The van der Waals surface area contributed by atoms with Crippen LogP contribution in [0, 0.1) is 11.6 Å². The highest BCUT2D eigenvalue weighted by Crippen LogP contribution is 2.36. The Hall–Kier alpha value is -2.24. The molecule has 0 aliphatic carbocycles. The largest absolute Gasteiger partial charge is 0.496 e. The van der Waals surface area contributed by atoms with E-state index in [1.54, 1.807) is 0 Å². The van der Waals surface area contributed by atoms with Crippen LogP contribution in [-0.4, -0.2) is 38.8 Å². The van der Waals surface area contributed by atoms with E-state index >= 15 is 0 Å². The summed E-state index contributed by atoms with van der Waals surface area (Å²) in [7, 11) is -3.97. The van der Waals surface area contributed by atoms with Crippen LogP contribution in [0.2, 0.25) is 0 Å². The number of halogens is 2. The predicted molar refractivity (Wildman–Crippen MR) is 104 cm³/mol. The Labute approximate surface area is 168 Å². The van der Waals surface area contributed by atoms with Gasteiger partial charge in [0.1, 0.15) is 4.90 Å². The first kappa shape index (κ1) is 21.5. The molecule has 1 fully saturated rings. The van der Waals surface area contributed by atoms with Gasteiger partial charge in [-0.15, -0.1) is 0 Å². The second-order valence-electron chi connectivity index (χ2n) is 7.57. The Morgan fingerprint density at radius 1 is 1.14 bits per heavy atom. The molecular formula is C18H21BF2N2O5S. The average molecular weight is 426 g/mol. The van der Waals surface area contributed by atoms with Crippen molar-refractivity contribution in [1.29, 1.82) is 0 Å². The van der Waals surface area contributed by atoms with Crippen molar-refractivity contribution in [3.8, 4) is 5.88 Å². The van der Waals surface area contributed by atoms with Gasteiger partial charge in [0, 0.05) is 11.7 Å². The normalized spacial score (nSPS) is 18.0. The van der Waals surface area contributed by atoms with Gasteiger partial charge in [0.15, 0.2) is 11.6 Å². The van der Waals surface area contributed by atoms with Crippen LogP contribution < -0.4 is 14.9 Å². The van der Waals surface area contributed by atoms with E-state index in [1.165, 1.54) is 25.4 Å². The third-order valence-corrected chi connectivity index (χ3v) is 6.40. The monoisotopic (exact) mass is 426 g/mol. The molecule has 1 N–H and O–H groups in total. The Bertz CT molecular complexity index is 1030. The highest BCUT2D eigenvalue weighted by molar-refractivity contribution is 7.92. The first-order valence-corrected chi connectivity index (χ1v) is 10.2. The minimum absolute atomic E-state index is 0.213. The first-order chi connectivity index (χ1) is 13.4. The van der Waals surface area contributed by atoms with Gasteiger partial charge in [0.25, 0.3) is 10.0 Å². The lowest BCUT2D eigenvalue weighted by Crippen LogP contribution is -2.41. The van der Waals surface area contributed by atoms with Crippen LogP contribution in [-0.2, 0) is 19.3 Å². The molecule has 156 valence electrons. The molecule has 1 aliphatic heterocycles. The molecule has 1 aromatic carbocycles. The second kappa shape index (κ2) is 7.23. The van der Waals surface area contributed by atoms with E-state index in [2.05, 4.69) is 4.98 Å². The molecule has 2 aromatic rings. The Kier molecular flexibility index (Phi) is 5.35. The number of hydrogen-bond acceptors (Lipinski definition) is 6. The minimum atomic E-state index is -4.36. The molecular weight excluding hydrogens is 405 g/mol. The summed E-state index contributed by atoms with van der Waals surface area (Å²) in [6.07, 6.45) is 1.38. The molecule has 1 saturated heterocycles. The van der Waals surface area contributed by atoms with Crippen molar-refractivity contribution in [2.45, 2.75) is 43.8 Å². The Morgan fingerprint density at radius 3 is 2.34 bits per heavy atom. The van der Waals surface area contributed by atoms with Crippen molar-refractivity contribution < 1.29 is 31.2 Å². The zero-order valence-electron chi connectivity index (χ0n) is 16.6. The highest BCUT2D eigenvalue weighted by Gasteiger charge is 2.52. The molecule has 3 rings (SSSR count). The molecule has 0 spiro atoms. The van der Waals surface area contributed by atoms with E-state index in [1.807, 2.05) is 32.4 Å². The third-order valence-electron chi connectivity index (χ3n) is 5.04. The smallest absolute Gasteiger partial charge is 0.480 e. The van der Waals surface area contributed by atoms with Crippen LogP contribution in [0.3, 0.4) is 0 Å². The standard InChI is InChI=1S/C18H21BF2N2O5S/c1-17(2)18(3,4)28-19(27-17)11-9-14(16(26-5)22-10-11)29(24,25)23-13-8-6-7-12(20)15(13)21/h6-10,23H,1-5H3. The molecule has 2 heterocycles. The predicted octanol–water partition coefficient (Wildman–Crippen LogP) is 2.47. The number of rotatable bonds is 5. The van der Waals surface area contributed by atoms with Gasteiger partial charge in [-0.05, 0) is 45.9 Å². The lowest BCUT2D eigenvalue weighted by Gasteiger charge is -2.32. The van der Waals surface area contributed by atoms with Gasteiger partial charge in [-0.3, -0.25) is 4.72 Å². The van der Waals surface area contributed by atoms with E-state index in [9.17, 15) is 17.2 Å². The summed E-state index contributed by atoms with van der Waals surface area (Å²) in [5, 5.41) is 0. The number of pyridine rings is 1. The maximum atomic E-state index is 13.9. The van der Waals surface area contributed by atoms with Gasteiger partial charge >= 0.3 is 7.12 Å². The minimum Gasteiger partial charge on any atom is -0.480 e. The van der Waals surface area contributed by atoms with Crippen molar-refractivity contribution in [2.75, 3.05) is 11.8 Å². The average Bonchev–Trinajstić information content (AvgIpc) is 2.86. The lowest BCUT2D eigenvalue weighted by atomic mass is 9.80. The second-order valence-corrected chi connectivity index (χ2v) is 9.22. The highest BCUT2D eigenvalue weighted by atomic mass is 32.2. The topological polar surface area (TPSA) is 86.8 Å². The Balaban J connectivity index is 2.00. The van der Waals surface area contributed by atoms with E-state index < -0.39 is 45.7 Å². The zero-order valence-corrected chi connectivity index (χ0v) is 17.4. The molecule has 11 heteroatoms. The molecule has 0 saturated carbocycles. The van der Waals surface area contributed by atoms with Gasteiger partial charge in [0.2, 0.25) is 5.88 Å². The molecule has 0 bridgehead atoms. The number of sulfonamides is 1. The number of anilines is 1. The van der Waals surface area contributed by atoms with E-state index in [4.69, 9.17) is 14.0 Å². The number of benzene rings is 1. The van der Waals surface area contributed by atoms with E-state index in [0.717, 1.165) is 12.1 Å². The number of aromatic nitrogens is 1. The van der Waals surface area contributed by atoms with Gasteiger partial charge in [0.05, 0.1) is 24.0 Å². The maximum Gasteiger partial charge on any atom is 0.496 e. The number of ether oxygens (including phenoxy) is 1. The van der Waals surface area contributed by atoms with Crippen molar-refractivity contribution in [3.63, 3.8) is 0 Å². The number of nitrogens with zero attached hydrogens (tertiary/aromatic N) is 1. The van der Waals surface area contributed by atoms with Crippen molar-refractivity contribution in [3.05, 3.63) is 42.1 Å². The van der Waals surface area contributed by atoms with Crippen molar-refractivity contribution in [2.24, 2.45) is 0 Å². The fourth-order valence-corrected chi connectivity index (χ4v) is 3.90. The molecule has 29 heavy (non-hydrogen) atoms. The van der Waals surface area contributed by atoms with Crippen LogP contribution in [0.15, 0.2) is 35.4 Å². The summed E-state index contributed by atoms with van der Waals surface area (Å²) in [4.78, 5) is 3.65. The summed E-state index contributed by atoms with van der Waals surface area (Å²) >= 11 is 0. The molecule has 1 aromatic heterocycles. The summed E-state index contributed by atoms with van der Waals surface area (Å²) in [6, 6.07) is 4.45. The SMILES string of the molecule is COc1ncc(B2OC(C)(C)C(C)(C)O2)cc1S(=O)(=O)Nc1cccc(F)c1F. The van der Waals surface area contributed by atoms with Gasteiger partial charge in [-0.2, -0.15) is 0 Å². The lowest BCUT2D eigenvalue weighted by molar-refractivity contribution is 0.00578. The number of hydrogen-bond donors (Lipinski definition) is 1. The molecule has 0 amide bonds. The maximum absolute atomic E-state index is 13.9. The summed E-state index contributed by atoms with van der Waals surface area (Å²) in [6.45, 7) is 7.43. The van der Waals surface area contributed by atoms with Crippen LogP contribution in [0.5, 0.6) is 5.88 Å². The van der Waals surface area contributed by atoms with Gasteiger partial charge in [-0.25, -0.2) is 22.2 Å². The third kappa shape index (κ3) is 3.94. The van der Waals surface area contributed by atoms with Crippen LogP contribution in [0.1, 0.15) is 27.7 Å². The first-order valence-electron chi connectivity index (χ1n) is 8.74. The van der Waals surface area contributed by atoms with Crippen LogP contribution in [0.25, 0.3) is 0 Å². The Morgan fingerprint density at radius 2 is 1.76 bits per heavy atom. The van der Waals surface area contributed by atoms with Gasteiger partial charge in [-0.1, -0.05) is 6.07 Å².